The van der Waals surface area contributed by atoms with Crippen molar-refractivity contribution in [2.45, 2.75) is 6.18 Å². The fraction of sp³-hybridized carbons (Fsp3) is 0.100. The predicted molar refractivity (Wildman–Crippen MR) is 52.5 cm³/mol. The molecule has 0 fully saturated rings. The van der Waals surface area contributed by atoms with Gasteiger partial charge in [-0.2, -0.15) is 13.2 Å². The topological polar surface area (TPSA) is 63.3 Å². The molecule has 0 radical (unpaired) electrons. The van der Waals surface area contributed by atoms with Crippen LogP contribution in [0.2, 0.25) is 0 Å². The number of aliphatic carboxylic acids is 1. The van der Waals surface area contributed by atoms with Gasteiger partial charge in [-0.3, -0.25) is 0 Å². The summed E-state index contributed by atoms with van der Waals surface area (Å²) in [4.78, 5) is 10.2. The molecule has 1 aromatic carbocycles. The zero-order chi connectivity index (χ0) is 12.3. The average Bonchev–Trinajstić information content (AvgIpc) is 2.13. The zero-order valence-corrected chi connectivity index (χ0v) is 7.95. The molecule has 0 saturated heterocycles. The van der Waals surface area contributed by atoms with E-state index in [-0.39, 0.29) is 11.3 Å². The van der Waals surface area contributed by atoms with E-state index in [0.29, 0.717) is 6.08 Å². The van der Waals surface area contributed by atoms with E-state index in [1.165, 1.54) is 6.07 Å². The number of benzene rings is 1. The number of alkyl halides is 3. The van der Waals surface area contributed by atoms with Gasteiger partial charge in [0.15, 0.2) is 0 Å². The Labute approximate surface area is 89.0 Å². The first-order valence-electron chi connectivity index (χ1n) is 4.19. The van der Waals surface area contributed by atoms with Crippen LogP contribution in [0.1, 0.15) is 11.1 Å². The zero-order valence-electron chi connectivity index (χ0n) is 7.95. The standard InChI is InChI=1S/C10H8F3NO2/c11-10(12,13)7-2-1-3-8(14)6(7)4-5-9(15)16/h1-5H,14H2,(H,15,16)/b5-4+. The molecule has 0 atom stereocenters. The van der Waals surface area contributed by atoms with Gasteiger partial charge in [-0.1, -0.05) is 6.07 Å². The SMILES string of the molecule is Nc1cccc(C(F)(F)F)c1/C=C/C(=O)O. The van der Waals surface area contributed by atoms with E-state index in [1.807, 2.05) is 0 Å². The molecule has 6 heteroatoms. The van der Waals surface area contributed by atoms with Gasteiger partial charge in [-0.15, -0.1) is 0 Å². The van der Waals surface area contributed by atoms with Crippen LogP contribution in [-0.4, -0.2) is 11.1 Å². The minimum atomic E-state index is -4.56. The maximum Gasteiger partial charge on any atom is 0.417 e. The van der Waals surface area contributed by atoms with E-state index in [9.17, 15) is 18.0 Å². The molecule has 0 saturated carbocycles. The minimum Gasteiger partial charge on any atom is -0.478 e. The molecule has 0 aliphatic rings. The second-order valence-electron chi connectivity index (χ2n) is 2.98. The van der Waals surface area contributed by atoms with E-state index >= 15 is 0 Å². The second-order valence-corrected chi connectivity index (χ2v) is 2.98. The highest BCUT2D eigenvalue weighted by atomic mass is 19.4. The Morgan fingerprint density at radius 3 is 2.50 bits per heavy atom. The first kappa shape index (κ1) is 12.1. The van der Waals surface area contributed by atoms with Crippen LogP contribution in [0, 0.1) is 0 Å². The molecule has 0 aliphatic heterocycles. The van der Waals surface area contributed by atoms with E-state index in [4.69, 9.17) is 10.8 Å². The Morgan fingerprint density at radius 2 is 2.00 bits per heavy atom. The molecule has 3 N–H and O–H groups in total. The van der Waals surface area contributed by atoms with Crippen LogP contribution in [-0.2, 0) is 11.0 Å². The lowest BCUT2D eigenvalue weighted by molar-refractivity contribution is -0.137. The molecule has 1 aromatic rings. The van der Waals surface area contributed by atoms with E-state index in [1.54, 1.807) is 0 Å². The van der Waals surface area contributed by atoms with Gasteiger partial charge in [0.25, 0.3) is 0 Å². The number of nitrogens with two attached hydrogens (primary N) is 1. The van der Waals surface area contributed by atoms with E-state index < -0.39 is 17.7 Å². The summed E-state index contributed by atoms with van der Waals surface area (Å²) in [5, 5.41) is 8.35. The Hall–Kier alpha value is -1.98. The van der Waals surface area contributed by atoms with Crippen molar-refractivity contribution in [1.82, 2.24) is 0 Å². The van der Waals surface area contributed by atoms with Gasteiger partial charge >= 0.3 is 12.1 Å². The Kier molecular flexibility index (Phi) is 3.22. The van der Waals surface area contributed by atoms with Crippen LogP contribution in [0.15, 0.2) is 24.3 Å². The molecule has 0 unspecified atom stereocenters. The molecule has 0 aromatic heterocycles. The smallest absolute Gasteiger partial charge is 0.417 e. The van der Waals surface area contributed by atoms with Crippen molar-refractivity contribution in [2.24, 2.45) is 0 Å². The normalized spacial score (nSPS) is 11.9. The lowest BCUT2D eigenvalue weighted by Crippen LogP contribution is -2.09. The summed E-state index contributed by atoms with van der Waals surface area (Å²) in [7, 11) is 0. The van der Waals surface area contributed by atoms with Crippen LogP contribution in [0.4, 0.5) is 18.9 Å². The average molecular weight is 231 g/mol. The van der Waals surface area contributed by atoms with Crippen LogP contribution >= 0.6 is 0 Å². The third-order valence-corrected chi connectivity index (χ3v) is 1.84. The highest BCUT2D eigenvalue weighted by Crippen LogP contribution is 2.34. The van der Waals surface area contributed by atoms with Gasteiger partial charge in [-0.25, -0.2) is 4.79 Å². The molecule has 86 valence electrons. The molecule has 0 amide bonds. The molecular weight excluding hydrogens is 223 g/mol. The van der Waals surface area contributed by atoms with Gasteiger partial charge in [0.2, 0.25) is 0 Å². The summed E-state index contributed by atoms with van der Waals surface area (Å²) in [5.74, 6) is -1.34. The number of carboxylic acids is 1. The Morgan fingerprint density at radius 1 is 1.38 bits per heavy atom. The summed E-state index contributed by atoms with van der Waals surface area (Å²) in [6.45, 7) is 0. The summed E-state index contributed by atoms with van der Waals surface area (Å²) >= 11 is 0. The van der Waals surface area contributed by atoms with Crippen LogP contribution < -0.4 is 5.73 Å². The molecule has 0 aliphatic carbocycles. The third-order valence-electron chi connectivity index (χ3n) is 1.84. The maximum absolute atomic E-state index is 12.5. The largest absolute Gasteiger partial charge is 0.478 e. The third kappa shape index (κ3) is 2.75. The molecule has 0 bridgehead atoms. The number of carboxylic acid groups (broad SMARTS) is 1. The van der Waals surface area contributed by atoms with E-state index in [2.05, 4.69) is 0 Å². The van der Waals surface area contributed by atoms with Crippen molar-refractivity contribution in [3.8, 4) is 0 Å². The summed E-state index contributed by atoms with van der Waals surface area (Å²) in [6.07, 6.45) is -3.12. The summed E-state index contributed by atoms with van der Waals surface area (Å²) < 4.78 is 37.5. The summed E-state index contributed by atoms with van der Waals surface area (Å²) in [6, 6.07) is 3.28. The van der Waals surface area contributed by atoms with Gasteiger partial charge in [-0.05, 0) is 18.2 Å². The maximum atomic E-state index is 12.5. The Bertz CT molecular complexity index is 438. The van der Waals surface area contributed by atoms with Crippen LogP contribution in [0.3, 0.4) is 0 Å². The van der Waals surface area contributed by atoms with Crippen molar-refractivity contribution in [2.75, 3.05) is 5.73 Å². The molecule has 1 rings (SSSR count). The van der Waals surface area contributed by atoms with Crippen molar-refractivity contribution in [1.29, 1.82) is 0 Å². The van der Waals surface area contributed by atoms with Gasteiger partial charge in [0.05, 0.1) is 5.56 Å². The first-order chi connectivity index (χ1) is 7.32. The lowest BCUT2D eigenvalue weighted by atomic mass is 10.0. The van der Waals surface area contributed by atoms with Gasteiger partial charge in [0, 0.05) is 17.3 Å². The van der Waals surface area contributed by atoms with Crippen molar-refractivity contribution < 1.29 is 23.1 Å². The fourth-order valence-corrected chi connectivity index (χ4v) is 1.17. The molecule has 0 spiro atoms. The molecular formula is C10H8F3NO2. The first-order valence-corrected chi connectivity index (χ1v) is 4.19. The number of hydrogen-bond acceptors (Lipinski definition) is 2. The molecule has 16 heavy (non-hydrogen) atoms. The number of carbonyl (C=O) groups is 1. The number of hydrogen-bond donors (Lipinski definition) is 2. The molecule has 0 heterocycles. The number of nitrogen functional groups attached to an aromatic ring is 1. The quantitative estimate of drug-likeness (QED) is 0.606. The number of halogens is 3. The number of anilines is 1. The predicted octanol–water partition coefficient (Wildman–Crippen LogP) is 2.39. The number of rotatable bonds is 2. The van der Waals surface area contributed by atoms with Crippen LogP contribution in [0.25, 0.3) is 6.08 Å². The van der Waals surface area contributed by atoms with Gasteiger partial charge in [0.1, 0.15) is 0 Å². The van der Waals surface area contributed by atoms with E-state index in [0.717, 1.165) is 18.2 Å². The monoisotopic (exact) mass is 231 g/mol. The minimum absolute atomic E-state index is 0.118. The second kappa shape index (κ2) is 4.26. The van der Waals surface area contributed by atoms with Crippen molar-refractivity contribution in [3.63, 3.8) is 0 Å². The Balaban J connectivity index is 3.30. The highest BCUT2D eigenvalue weighted by Gasteiger charge is 2.33. The van der Waals surface area contributed by atoms with Crippen molar-refractivity contribution in [3.05, 3.63) is 35.4 Å². The van der Waals surface area contributed by atoms with Crippen molar-refractivity contribution >= 4 is 17.7 Å². The lowest BCUT2D eigenvalue weighted by Gasteiger charge is -2.11. The van der Waals surface area contributed by atoms with Crippen LogP contribution in [0.5, 0.6) is 0 Å². The fourth-order valence-electron chi connectivity index (χ4n) is 1.17. The molecule has 3 nitrogen and oxygen atoms in total. The van der Waals surface area contributed by atoms with Gasteiger partial charge < -0.3 is 10.8 Å². The summed E-state index contributed by atoms with van der Waals surface area (Å²) in [5.41, 5.74) is 3.95. The highest BCUT2D eigenvalue weighted by molar-refractivity contribution is 5.87.